The van der Waals surface area contributed by atoms with Crippen molar-refractivity contribution >= 4 is 27.9 Å². The lowest BCUT2D eigenvalue weighted by atomic mass is 9.98. The van der Waals surface area contributed by atoms with Gasteiger partial charge in [0.1, 0.15) is 16.9 Å². The molecule has 0 radical (unpaired) electrons. The lowest BCUT2D eigenvalue weighted by Gasteiger charge is -2.10. The predicted octanol–water partition coefficient (Wildman–Crippen LogP) is 2.46. The van der Waals surface area contributed by atoms with Crippen molar-refractivity contribution in [3.63, 3.8) is 0 Å². The monoisotopic (exact) mass is 313 g/mol. The molecule has 0 aliphatic rings. The Morgan fingerprint density at radius 2 is 1.61 bits per heavy atom. The van der Waals surface area contributed by atoms with E-state index in [9.17, 15) is 14.7 Å². The third kappa shape index (κ3) is 2.32. The lowest BCUT2D eigenvalue weighted by Crippen LogP contribution is -2.24. The van der Waals surface area contributed by atoms with Gasteiger partial charge in [0.25, 0.3) is 0 Å². The van der Waals surface area contributed by atoms with Crippen LogP contribution in [0.5, 0.6) is 0 Å². The van der Waals surface area contributed by atoms with Crippen molar-refractivity contribution in [3.8, 4) is 0 Å². The van der Waals surface area contributed by atoms with Gasteiger partial charge in [-0.3, -0.25) is 0 Å². The van der Waals surface area contributed by atoms with Gasteiger partial charge in [-0.2, -0.15) is 0 Å². The molecular weight excluding hydrogens is 296 g/mol. The second-order valence-electron chi connectivity index (χ2n) is 5.90. The number of hydrogen-bond donors (Lipinski definition) is 0. The zero-order chi connectivity index (χ0) is 16.9. The van der Waals surface area contributed by atoms with Crippen molar-refractivity contribution in [2.75, 3.05) is 0 Å². The minimum atomic E-state index is -1.18. The van der Waals surface area contributed by atoms with Gasteiger partial charge in [0.05, 0.1) is 0 Å². The third-order valence-corrected chi connectivity index (χ3v) is 4.52. The molecule has 3 rings (SSSR count). The Bertz CT molecular complexity index is 1000. The number of carbonyl (C=O) groups excluding carboxylic acids is 1. The van der Waals surface area contributed by atoms with E-state index in [2.05, 4.69) is 0 Å². The first kappa shape index (κ1) is 15.3. The number of benzene rings is 1. The Hall–Kier alpha value is -2.56. The first-order valence-corrected chi connectivity index (χ1v) is 7.46. The molecule has 0 fully saturated rings. The van der Waals surface area contributed by atoms with Crippen LogP contribution < -0.4 is 10.7 Å². The highest BCUT2D eigenvalue weighted by Crippen LogP contribution is 2.34. The number of carbonyl (C=O) groups is 1. The van der Waals surface area contributed by atoms with Crippen molar-refractivity contribution in [2.24, 2.45) is 0 Å². The Morgan fingerprint density at radius 3 is 2.26 bits per heavy atom. The molecule has 0 saturated carbocycles. The summed E-state index contributed by atoms with van der Waals surface area (Å²) < 4.78 is 11.2. The SMILES string of the molecule is Cc1oc2c(C)c3oc(=O)c(CCC(=O)[O-])c(C)c3cc2c1C. The van der Waals surface area contributed by atoms with Crippen LogP contribution in [0, 0.1) is 27.7 Å². The number of aliphatic carboxylic acids is 1. The van der Waals surface area contributed by atoms with Crippen LogP contribution in [-0.2, 0) is 11.2 Å². The maximum absolute atomic E-state index is 12.2. The Morgan fingerprint density at radius 1 is 1.00 bits per heavy atom. The maximum atomic E-state index is 12.2. The smallest absolute Gasteiger partial charge is 0.339 e. The van der Waals surface area contributed by atoms with Gasteiger partial charge in [-0.05, 0) is 57.7 Å². The summed E-state index contributed by atoms with van der Waals surface area (Å²) in [6, 6.07) is 1.95. The van der Waals surface area contributed by atoms with Crippen LogP contribution in [0.25, 0.3) is 21.9 Å². The van der Waals surface area contributed by atoms with Gasteiger partial charge in [0.2, 0.25) is 0 Å². The molecule has 3 aromatic rings. The zero-order valence-electron chi connectivity index (χ0n) is 13.5. The van der Waals surface area contributed by atoms with E-state index >= 15 is 0 Å². The van der Waals surface area contributed by atoms with Gasteiger partial charge in [0.15, 0.2) is 0 Å². The van der Waals surface area contributed by atoms with Gasteiger partial charge in [0, 0.05) is 27.9 Å². The molecule has 0 amide bonds. The van der Waals surface area contributed by atoms with Crippen LogP contribution >= 0.6 is 0 Å². The summed E-state index contributed by atoms with van der Waals surface area (Å²) >= 11 is 0. The molecule has 0 N–H and O–H groups in total. The summed E-state index contributed by atoms with van der Waals surface area (Å²) in [4.78, 5) is 22.9. The number of furan rings is 1. The van der Waals surface area contributed by atoms with Gasteiger partial charge in [-0.25, -0.2) is 4.79 Å². The normalized spacial score (nSPS) is 11.5. The number of carboxylic acids is 1. The minimum absolute atomic E-state index is 0.104. The molecule has 23 heavy (non-hydrogen) atoms. The molecule has 1 aromatic carbocycles. The molecule has 0 atom stereocenters. The summed E-state index contributed by atoms with van der Waals surface area (Å²) in [6.07, 6.45) is -0.102. The van der Waals surface area contributed by atoms with E-state index < -0.39 is 11.6 Å². The summed E-state index contributed by atoms with van der Waals surface area (Å²) in [5, 5.41) is 12.5. The van der Waals surface area contributed by atoms with Crippen LogP contribution in [0.15, 0.2) is 19.7 Å². The highest BCUT2D eigenvalue weighted by Gasteiger charge is 2.18. The van der Waals surface area contributed by atoms with Crippen LogP contribution in [0.3, 0.4) is 0 Å². The molecule has 0 unspecified atom stereocenters. The van der Waals surface area contributed by atoms with E-state index in [4.69, 9.17) is 8.83 Å². The fraction of sp³-hybridized carbons (Fsp3) is 0.333. The number of hydrogen-bond acceptors (Lipinski definition) is 5. The second-order valence-corrected chi connectivity index (χ2v) is 5.90. The zero-order valence-corrected chi connectivity index (χ0v) is 13.5. The molecule has 0 aliphatic carbocycles. The first-order valence-electron chi connectivity index (χ1n) is 7.46. The van der Waals surface area contributed by atoms with E-state index in [0.29, 0.717) is 11.1 Å². The van der Waals surface area contributed by atoms with E-state index in [1.165, 1.54) is 0 Å². The summed E-state index contributed by atoms with van der Waals surface area (Å²) in [5.74, 6) is -0.354. The average molecular weight is 313 g/mol. The maximum Gasteiger partial charge on any atom is 0.339 e. The second kappa shape index (κ2) is 5.26. The average Bonchev–Trinajstić information content (AvgIpc) is 2.76. The van der Waals surface area contributed by atoms with Gasteiger partial charge < -0.3 is 18.7 Å². The summed E-state index contributed by atoms with van der Waals surface area (Å²) in [6.45, 7) is 7.55. The number of aryl methyl sites for hydroxylation is 4. The van der Waals surface area contributed by atoms with Crippen molar-refractivity contribution in [1.29, 1.82) is 0 Å². The quantitative estimate of drug-likeness (QED) is 0.694. The van der Waals surface area contributed by atoms with Crippen molar-refractivity contribution < 1.29 is 18.7 Å². The third-order valence-electron chi connectivity index (χ3n) is 4.52. The molecule has 0 spiro atoms. The van der Waals surface area contributed by atoms with Crippen LogP contribution in [0.2, 0.25) is 0 Å². The molecule has 0 bridgehead atoms. The van der Waals surface area contributed by atoms with E-state index in [-0.39, 0.29) is 12.8 Å². The molecule has 2 aromatic heterocycles. The molecule has 5 heteroatoms. The molecular formula is C18H17O5-. The standard InChI is InChI=1S/C18H18O5/c1-8-11(4)22-16-10(3)17-14(7-13(8)16)9(2)12(18(21)23-17)5-6-15(19)20/h7H,5-6H2,1-4H3,(H,19,20)/p-1. The fourth-order valence-electron chi connectivity index (χ4n) is 3.01. The highest BCUT2D eigenvalue weighted by molar-refractivity contribution is 6.00. The molecule has 0 aliphatic heterocycles. The van der Waals surface area contributed by atoms with Crippen LogP contribution in [0.1, 0.15) is 34.4 Å². The van der Waals surface area contributed by atoms with E-state index in [1.54, 1.807) is 0 Å². The van der Waals surface area contributed by atoms with Gasteiger partial charge in [-0.1, -0.05) is 0 Å². The topological polar surface area (TPSA) is 83.5 Å². The number of rotatable bonds is 3. The Labute approximate surface area is 132 Å². The largest absolute Gasteiger partial charge is 0.550 e. The van der Waals surface area contributed by atoms with E-state index in [1.807, 2.05) is 33.8 Å². The molecule has 0 saturated heterocycles. The number of carboxylic acid groups (broad SMARTS) is 1. The van der Waals surface area contributed by atoms with Crippen molar-refractivity contribution in [1.82, 2.24) is 0 Å². The van der Waals surface area contributed by atoms with E-state index in [0.717, 1.165) is 38.8 Å². The molecule has 120 valence electrons. The lowest BCUT2D eigenvalue weighted by molar-refractivity contribution is -0.305. The van der Waals surface area contributed by atoms with Crippen molar-refractivity contribution in [2.45, 2.75) is 40.5 Å². The highest BCUT2D eigenvalue weighted by atomic mass is 16.4. The van der Waals surface area contributed by atoms with Gasteiger partial charge in [-0.15, -0.1) is 0 Å². The van der Waals surface area contributed by atoms with Crippen molar-refractivity contribution in [3.05, 3.63) is 44.5 Å². The minimum Gasteiger partial charge on any atom is -0.550 e. The molecule has 2 heterocycles. The first-order chi connectivity index (χ1) is 10.8. The Kier molecular flexibility index (Phi) is 3.51. The summed E-state index contributed by atoms with van der Waals surface area (Å²) in [7, 11) is 0. The van der Waals surface area contributed by atoms with Crippen LogP contribution in [0.4, 0.5) is 0 Å². The summed E-state index contributed by atoms with van der Waals surface area (Å²) in [5.41, 5.74) is 3.67. The fourth-order valence-corrected chi connectivity index (χ4v) is 3.01. The Balaban J connectivity index is 2.36. The predicted molar refractivity (Wildman–Crippen MR) is 84.5 cm³/mol. The molecule has 5 nitrogen and oxygen atoms in total. The van der Waals surface area contributed by atoms with Crippen LogP contribution in [-0.4, -0.2) is 5.97 Å². The number of fused-ring (bicyclic) bond motifs is 2. The van der Waals surface area contributed by atoms with Gasteiger partial charge >= 0.3 is 5.63 Å².